The predicted octanol–water partition coefficient (Wildman–Crippen LogP) is 4.62. The molecule has 1 fully saturated rings. The molecule has 0 saturated carbocycles. The maximum absolute atomic E-state index is 13.1. The molecule has 1 heterocycles. The second-order valence-electron chi connectivity index (χ2n) is 6.19. The Morgan fingerprint density at radius 3 is 2.92 bits per heavy atom. The molecule has 4 nitrogen and oxygen atoms in total. The fourth-order valence-corrected chi connectivity index (χ4v) is 3.47. The number of nitrogens with zero attached hydrogens (tertiary/aromatic N) is 1. The number of hydrogen-bond donors (Lipinski definition) is 0. The molecule has 0 radical (unpaired) electrons. The summed E-state index contributed by atoms with van der Waals surface area (Å²) in [7, 11) is 1.63. The Kier molecular flexibility index (Phi) is 5.99. The molecule has 1 aliphatic rings. The van der Waals surface area contributed by atoms with Crippen LogP contribution in [0.1, 0.15) is 30.9 Å². The second-order valence-corrected chi connectivity index (χ2v) is 6.60. The van der Waals surface area contributed by atoms with Crippen molar-refractivity contribution in [3.8, 4) is 11.5 Å². The minimum atomic E-state index is -0.420. The van der Waals surface area contributed by atoms with Crippen molar-refractivity contribution < 1.29 is 18.7 Å². The van der Waals surface area contributed by atoms with Gasteiger partial charge in [0.15, 0.2) is 0 Å². The lowest BCUT2D eigenvalue weighted by molar-refractivity contribution is -0.132. The van der Waals surface area contributed by atoms with Crippen molar-refractivity contribution in [3.63, 3.8) is 0 Å². The Morgan fingerprint density at radius 2 is 2.15 bits per heavy atom. The molecule has 3 rings (SSSR count). The zero-order chi connectivity index (χ0) is 18.5. The fraction of sp³-hybridized carbons (Fsp3) is 0.350. The molecular formula is C20H21ClFNO3. The first-order valence-electron chi connectivity index (χ1n) is 8.60. The van der Waals surface area contributed by atoms with Crippen LogP contribution in [0, 0.1) is 5.82 Å². The molecule has 0 aromatic heterocycles. The number of methoxy groups -OCH3 is 1. The van der Waals surface area contributed by atoms with Crippen molar-refractivity contribution in [2.45, 2.75) is 25.3 Å². The molecule has 0 aliphatic carbocycles. The predicted molar refractivity (Wildman–Crippen MR) is 98.2 cm³/mol. The quantitative estimate of drug-likeness (QED) is 0.737. The molecule has 6 heteroatoms. The summed E-state index contributed by atoms with van der Waals surface area (Å²) in [6, 6.07) is 11.8. The van der Waals surface area contributed by atoms with Crippen LogP contribution in [0.25, 0.3) is 0 Å². The Hall–Kier alpha value is -2.27. The van der Waals surface area contributed by atoms with Crippen molar-refractivity contribution in [1.82, 2.24) is 4.90 Å². The van der Waals surface area contributed by atoms with Gasteiger partial charge in [-0.25, -0.2) is 4.39 Å². The standard InChI is InChI=1S/C20H21ClFNO3/c1-25-16-5-2-4-14(12-16)18-6-3-10-23(18)20(24)9-11-26-19-8-7-15(22)13-17(19)21/h2,4-5,7-8,12-13,18H,3,6,9-11H2,1H3. The van der Waals surface area contributed by atoms with E-state index in [4.69, 9.17) is 21.1 Å². The maximum atomic E-state index is 13.1. The van der Waals surface area contributed by atoms with E-state index in [0.717, 1.165) is 30.7 Å². The van der Waals surface area contributed by atoms with E-state index in [0.29, 0.717) is 5.75 Å². The average Bonchev–Trinajstić information content (AvgIpc) is 3.13. The van der Waals surface area contributed by atoms with E-state index in [-0.39, 0.29) is 30.0 Å². The molecule has 0 spiro atoms. The molecule has 26 heavy (non-hydrogen) atoms. The van der Waals surface area contributed by atoms with Crippen LogP contribution in [-0.2, 0) is 4.79 Å². The molecule has 1 unspecified atom stereocenters. The molecule has 2 aromatic carbocycles. The number of rotatable bonds is 6. The zero-order valence-electron chi connectivity index (χ0n) is 14.6. The highest BCUT2D eigenvalue weighted by Gasteiger charge is 2.29. The van der Waals surface area contributed by atoms with Gasteiger partial charge in [0.05, 0.1) is 31.2 Å². The minimum absolute atomic E-state index is 0.0357. The summed E-state index contributed by atoms with van der Waals surface area (Å²) in [6.45, 7) is 0.934. The van der Waals surface area contributed by atoms with Gasteiger partial charge in [-0.3, -0.25) is 4.79 Å². The third-order valence-corrected chi connectivity index (χ3v) is 4.81. The van der Waals surface area contributed by atoms with Crippen molar-refractivity contribution in [2.24, 2.45) is 0 Å². The number of halogens is 2. The first-order chi connectivity index (χ1) is 12.6. The largest absolute Gasteiger partial charge is 0.497 e. The van der Waals surface area contributed by atoms with Gasteiger partial charge in [0.2, 0.25) is 5.91 Å². The number of carbonyl (C=O) groups is 1. The van der Waals surface area contributed by atoms with Gasteiger partial charge in [-0.2, -0.15) is 0 Å². The van der Waals surface area contributed by atoms with Crippen molar-refractivity contribution in [1.29, 1.82) is 0 Å². The summed E-state index contributed by atoms with van der Waals surface area (Å²) in [5.41, 5.74) is 1.08. The van der Waals surface area contributed by atoms with E-state index in [2.05, 4.69) is 0 Å². The fourth-order valence-electron chi connectivity index (χ4n) is 3.24. The van der Waals surface area contributed by atoms with Gasteiger partial charge in [0.25, 0.3) is 0 Å². The van der Waals surface area contributed by atoms with Crippen LogP contribution in [0.4, 0.5) is 4.39 Å². The topological polar surface area (TPSA) is 38.8 Å². The molecule has 1 amide bonds. The second kappa shape index (κ2) is 8.41. The molecule has 138 valence electrons. The molecule has 2 aromatic rings. The minimum Gasteiger partial charge on any atom is -0.497 e. The highest BCUT2D eigenvalue weighted by atomic mass is 35.5. The van der Waals surface area contributed by atoms with E-state index in [1.165, 1.54) is 18.2 Å². The maximum Gasteiger partial charge on any atom is 0.226 e. The summed E-state index contributed by atoms with van der Waals surface area (Å²) < 4.78 is 23.9. The number of ether oxygens (including phenoxy) is 2. The molecule has 0 bridgehead atoms. The highest BCUT2D eigenvalue weighted by Crippen LogP contribution is 2.34. The molecular weight excluding hydrogens is 357 g/mol. The van der Waals surface area contributed by atoms with Crippen LogP contribution in [-0.4, -0.2) is 31.1 Å². The van der Waals surface area contributed by atoms with Gasteiger partial charge >= 0.3 is 0 Å². The normalized spacial score (nSPS) is 16.6. The Balaban J connectivity index is 1.59. The van der Waals surface area contributed by atoms with Crippen LogP contribution < -0.4 is 9.47 Å². The van der Waals surface area contributed by atoms with Crippen LogP contribution in [0.5, 0.6) is 11.5 Å². The van der Waals surface area contributed by atoms with Crippen LogP contribution in [0.3, 0.4) is 0 Å². The van der Waals surface area contributed by atoms with E-state index >= 15 is 0 Å². The smallest absolute Gasteiger partial charge is 0.226 e. The van der Waals surface area contributed by atoms with Gasteiger partial charge in [-0.1, -0.05) is 23.7 Å². The lowest BCUT2D eigenvalue weighted by Gasteiger charge is -2.25. The zero-order valence-corrected chi connectivity index (χ0v) is 15.3. The van der Waals surface area contributed by atoms with Crippen molar-refractivity contribution in [2.75, 3.05) is 20.3 Å². The number of hydrogen-bond acceptors (Lipinski definition) is 3. The van der Waals surface area contributed by atoms with Crippen molar-refractivity contribution >= 4 is 17.5 Å². The summed E-state index contributed by atoms with van der Waals surface area (Å²) in [5, 5.41) is 0.202. The molecule has 0 N–H and O–H groups in total. The lowest BCUT2D eigenvalue weighted by atomic mass is 10.0. The van der Waals surface area contributed by atoms with E-state index in [1.807, 2.05) is 29.2 Å². The lowest BCUT2D eigenvalue weighted by Crippen LogP contribution is -2.31. The van der Waals surface area contributed by atoms with E-state index < -0.39 is 5.82 Å². The van der Waals surface area contributed by atoms with Gasteiger partial charge in [0, 0.05) is 6.54 Å². The number of likely N-dealkylation sites (tertiary alicyclic amines) is 1. The summed E-state index contributed by atoms with van der Waals surface area (Å²) >= 11 is 5.93. The molecule has 1 saturated heterocycles. The molecule has 1 atom stereocenters. The Morgan fingerprint density at radius 1 is 1.31 bits per heavy atom. The summed E-state index contributed by atoms with van der Waals surface area (Å²) in [5.74, 6) is 0.785. The van der Waals surface area contributed by atoms with Crippen LogP contribution in [0.2, 0.25) is 5.02 Å². The summed E-state index contributed by atoms with van der Waals surface area (Å²) in [4.78, 5) is 14.5. The summed E-state index contributed by atoms with van der Waals surface area (Å²) in [6.07, 6.45) is 2.15. The highest BCUT2D eigenvalue weighted by molar-refractivity contribution is 6.32. The monoisotopic (exact) mass is 377 g/mol. The first-order valence-corrected chi connectivity index (χ1v) is 8.97. The van der Waals surface area contributed by atoms with Gasteiger partial charge in [-0.05, 0) is 48.7 Å². The number of benzene rings is 2. The third kappa shape index (κ3) is 4.28. The van der Waals surface area contributed by atoms with Crippen LogP contribution in [0.15, 0.2) is 42.5 Å². The van der Waals surface area contributed by atoms with E-state index in [1.54, 1.807) is 7.11 Å². The SMILES string of the molecule is COc1cccc(C2CCCN2C(=O)CCOc2ccc(F)cc2Cl)c1. The van der Waals surface area contributed by atoms with Gasteiger partial charge < -0.3 is 14.4 Å². The Bertz CT molecular complexity index is 783. The van der Waals surface area contributed by atoms with Gasteiger partial charge in [0.1, 0.15) is 17.3 Å². The number of amides is 1. The van der Waals surface area contributed by atoms with Crippen molar-refractivity contribution in [3.05, 3.63) is 58.9 Å². The Labute approximate surface area is 157 Å². The average molecular weight is 378 g/mol. The van der Waals surface area contributed by atoms with Crippen LogP contribution >= 0.6 is 11.6 Å². The molecule has 1 aliphatic heterocycles. The number of carbonyl (C=O) groups excluding carboxylic acids is 1. The first kappa shape index (κ1) is 18.5. The van der Waals surface area contributed by atoms with E-state index in [9.17, 15) is 9.18 Å². The third-order valence-electron chi connectivity index (χ3n) is 4.52. The van der Waals surface area contributed by atoms with Gasteiger partial charge in [-0.15, -0.1) is 0 Å².